The van der Waals surface area contributed by atoms with Crippen molar-refractivity contribution < 1.29 is 28.7 Å². The van der Waals surface area contributed by atoms with E-state index in [0.717, 1.165) is 49.0 Å². The topological polar surface area (TPSA) is 105 Å². The Morgan fingerprint density at radius 1 is 0.789 bits per heavy atom. The number of fused-ring (bicyclic) bond motifs is 1. The molecule has 3 heterocycles. The third-order valence-electron chi connectivity index (χ3n) is 12.1. The number of piperidine rings is 2. The summed E-state index contributed by atoms with van der Waals surface area (Å²) in [5.41, 5.74) is 5.31. The lowest BCUT2D eigenvalue weighted by molar-refractivity contribution is -0.134. The number of nitrogens with one attached hydrogen (secondary N) is 1. The van der Waals surface area contributed by atoms with E-state index < -0.39 is 6.04 Å². The molecule has 3 aliphatic heterocycles. The van der Waals surface area contributed by atoms with E-state index in [-0.39, 0.29) is 29.5 Å². The number of aryl methyl sites for hydroxylation is 1. The highest BCUT2D eigenvalue weighted by Gasteiger charge is 2.42. The van der Waals surface area contributed by atoms with Gasteiger partial charge in [0, 0.05) is 12.2 Å². The second-order valence-electron chi connectivity index (χ2n) is 15.9. The third-order valence-corrected chi connectivity index (χ3v) is 12.7. The van der Waals surface area contributed by atoms with Crippen molar-refractivity contribution >= 4 is 35.4 Å². The van der Waals surface area contributed by atoms with E-state index in [1.807, 2.05) is 43.5 Å². The fourth-order valence-corrected chi connectivity index (χ4v) is 9.56. The third kappa shape index (κ3) is 10.7. The number of carbonyl (C=O) groups is 4. The first kappa shape index (κ1) is 42.5. The number of nitrogens with zero attached hydrogens (tertiary/aromatic N) is 2. The van der Waals surface area contributed by atoms with Gasteiger partial charge >= 0.3 is 0 Å². The van der Waals surface area contributed by atoms with Crippen LogP contribution in [0.3, 0.4) is 0 Å². The number of hydrogen-bond donors (Lipinski definition) is 1. The maximum atomic E-state index is 14.0. The van der Waals surface area contributed by atoms with Crippen LogP contribution in [0.25, 0.3) is 0 Å². The molecule has 6 rings (SSSR count). The molecular weight excluding hydrogens is 735 g/mol. The molecule has 306 valence electrons. The number of thioether (sulfide) groups is 1. The number of hydrogen-bond acceptors (Lipinski definition) is 8. The minimum absolute atomic E-state index is 0.166. The molecule has 0 aromatic heterocycles. The normalized spacial score (nSPS) is 18.2. The van der Waals surface area contributed by atoms with Crippen molar-refractivity contribution in [2.75, 3.05) is 45.4 Å². The van der Waals surface area contributed by atoms with E-state index >= 15 is 0 Å². The van der Waals surface area contributed by atoms with Gasteiger partial charge in [-0.1, -0.05) is 87.4 Å². The monoisotopic (exact) mass is 795 g/mol. The largest absolute Gasteiger partial charge is 0.493 e. The second kappa shape index (κ2) is 21.0. The van der Waals surface area contributed by atoms with Gasteiger partial charge in [0.15, 0.2) is 11.5 Å². The van der Waals surface area contributed by atoms with Gasteiger partial charge in [0.2, 0.25) is 11.8 Å². The highest BCUT2D eigenvalue weighted by Crippen LogP contribution is 2.38. The summed E-state index contributed by atoms with van der Waals surface area (Å²) in [6.07, 6.45) is 17.1. The number of amides is 4. The number of imide groups is 2. The van der Waals surface area contributed by atoms with Crippen LogP contribution in [0.1, 0.15) is 151 Å². The number of carbonyl (C=O) groups excluding carboxylic acids is 4. The molecule has 2 atom stereocenters. The van der Waals surface area contributed by atoms with Crippen molar-refractivity contribution in [3.05, 3.63) is 94.0 Å². The average Bonchev–Trinajstić information content (AvgIpc) is 3.48. The van der Waals surface area contributed by atoms with Gasteiger partial charge in [-0.2, -0.15) is 11.8 Å². The van der Waals surface area contributed by atoms with Crippen LogP contribution in [0.15, 0.2) is 60.7 Å². The predicted octanol–water partition coefficient (Wildman–Crippen LogP) is 9.25. The van der Waals surface area contributed by atoms with Crippen LogP contribution in [-0.4, -0.2) is 78.8 Å². The Morgan fingerprint density at radius 2 is 1.47 bits per heavy atom. The fraction of sp³-hybridized carbons (Fsp3) is 0.532. The highest BCUT2D eigenvalue weighted by molar-refractivity contribution is 7.98. The standard InChI is InChI=1S/C47H61N3O6S/c1-4-56-42-31-37(22-24-41(42)55-2)40(32-57-3)50-46(53)39-17-14-16-36(44(39)47(50)54)15-12-10-8-6-5-7-9-11-13-28-49-29-26-34(27-30-49)33-18-20-35(21-19-33)38-23-25-43(51)48-45(38)52/h14,16-22,24,31,34,38,40H,4-13,15,23,25-30,32H2,1-3H3,(H,48,51,52). The van der Waals surface area contributed by atoms with E-state index in [1.54, 1.807) is 24.9 Å². The van der Waals surface area contributed by atoms with Crippen LogP contribution >= 0.6 is 11.8 Å². The summed E-state index contributed by atoms with van der Waals surface area (Å²) in [6, 6.07) is 19.6. The summed E-state index contributed by atoms with van der Waals surface area (Å²) in [5, 5.41) is 2.47. The number of likely N-dealkylation sites (tertiary alicyclic amines) is 1. The summed E-state index contributed by atoms with van der Waals surface area (Å²) < 4.78 is 11.3. The summed E-state index contributed by atoms with van der Waals surface area (Å²) in [6.45, 7) is 5.88. The Balaban J connectivity index is 0.851. The molecular formula is C47H61N3O6S. The van der Waals surface area contributed by atoms with Gasteiger partial charge in [0.05, 0.1) is 36.8 Å². The molecule has 57 heavy (non-hydrogen) atoms. The molecule has 0 aliphatic carbocycles. The van der Waals surface area contributed by atoms with Crippen LogP contribution in [0, 0.1) is 0 Å². The molecule has 0 bridgehead atoms. The molecule has 2 fully saturated rings. The van der Waals surface area contributed by atoms with Crippen molar-refractivity contribution in [1.82, 2.24) is 15.1 Å². The first-order chi connectivity index (χ1) is 27.8. The Kier molecular flexibility index (Phi) is 15.7. The molecule has 0 radical (unpaired) electrons. The van der Waals surface area contributed by atoms with Crippen LogP contribution in [-0.2, 0) is 16.0 Å². The van der Waals surface area contributed by atoms with Gasteiger partial charge < -0.3 is 14.4 Å². The van der Waals surface area contributed by atoms with Gasteiger partial charge in [-0.25, -0.2) is 0 Å². The van der Waals surface area contributed by atoms with Crippen LogP contribution < -0.4 is 14.8 Å². The fourth-order valence-electron chi connectivity index (χ4n) is 8.90. The van der Waals surface area contributed by atoms with Crippen molar-refractivity contribution in [3.8, 4) is 11.5 Å². The molecule has 2 saturated heterocycles. The molecule has 0 saturated carbocycles. The molecule has 9 nitrogen and oxygen atoms in total. The van der Waals surface area contributed by atoms with Crippen LogP contribution in [0.4, 0.5) is 0 Å². The Labute approximate surface area is 343 Å². The summed E-state index contributed by atoms with van der Waals surface area (Å²) >= 11 is 1.61. The SMILES string of the molecule is CCOc1cc(C(CSC)N2C(=O)c3cccc(CCCCCCCCCCCN4CCC(c5ccc(C6CCC(=O)NC6=O)cc5)CC4)c3C2=O)ccc1OC. The molecule has 3 aliphatic rings. The zero-order valence-electron chi connectivity index (χ0n) is 34.2. The second-order valence-corrected chi connectivity index (χ2v) is 16.8. The molecule has 3 aromatic carbocycles. The van der Waals surface area contributed by atoms with E-state index in [9.17, 15) is 19.2 Å². The van der Waals surface area contributed by atoms with E-state index in [2.05, 4.69) is 34.5 Å². The van der Waals surface area contributed by atoms with Gasteiger partial charge in [-0.05, 0) is 118 Å². The Morgan fingerprint density at radius 3 is 2.14 bits per heavy atom. The Hall–Kier alpha value is -4.15. The Bertz CT molecular complexity index is 1840. The smallest absolute Gasteiger partial charge is 0.262 e. The first-order valence-electron chi connectivity index (χ1n) is 21.3. The minimum Gasteiger partial charge on any atom is -0.493 e. The van der Waals surface area contributed by atoms with E-state index in [4.69, 9.17) is 9.47 Å². The van der Waals surface area contributed by atoms with Gasteiger partial charge in [-0.3, -0.25) is 29.4 Å². The lowest BCUT2D eigenvalue weighted by atomic mass is 9.86. The highest BCUT2D eigenvalue weighted by atomic mass is 32.2. The molecule has 3 aromatic rings. The average molecular weight is 796 g/mol. The molecule has 1 N–H and O–H groups in total. The number of rotatable bonds is 21. The van der Waals surface area contributed by atoms with Crippen molar-refractivity contribution in [3.63, 3.8) is 0 Å². The van der Waals surface area contributed by atoms with Crippen molar-refractivity contribution in [1.29, 1.82) is 0 Å². The van der Waals surface area contributed by atoms with Gasteiger partial charge in [0.1, 0.15) is 0 Å². The summed E-state index contributed by atoms with van der Waals surface area (Å²) in [7, 11) is 1.61. The maximum absolute atomic E-state index is 14.0. The number of benzene rings is 3. The van der Waals surface area contributed by atoms with E-state index in [1.165, 1.54) is 74.8 Å². The predicted molar refractivity (Wildman–Crippen MR) is 227 cm³/mol. The molecule has 4 amide bonds. The van der Waals surface area contributed by atoms with Crippen LogP contribution in [0.5, 0.6) is 11.5 Å². The zero-order chi connectivity index (χ0) is 40.1. The van der Waals surface area contributed by atoms with E-state index in [0.29, 0.717) is 53.7 Å². The molecule has 2 unspecified atom stereocenters. The zero-order valence-corrected chi connectivity index (χ0v) is 35.0. The summed E-state index contributed by atoms with van der Waals surface area (Å²) in [4.78, 5) is 55.6. The maximum Gasteiger partial charge on any atom is 0.262 e. The minimum atomic E-state index is -0.408. The number of ether oxygens (including phenoxy) is 2. The van der Waals surface area contributed by atoms with Crippen molar-refractivity contribution in [2.24, 2.45) is 0 Å². The van der Waals surface area contributed by atoms with Gasteiger partial charge in [0.25, 0.3) is 11.8 Å². The van der Waals surface area contributed by atoms with Gasteiger partial charge in [-0.15, -0.1) is 0 Å². The molecule has 0 spiro atoms. The number of unbranched alkanes of at least 4 members (excludes halogenated alkanes) is 8. The quantitative estimate of drug-likeness (QED) is 0.0841. The summed E-state index contributed by atoms with van der Waals surface area (Å²) in [5.74, 6) is 1.44. The van der Waals surface area contributed by atoms with Crippen molar-refractivity contribution in [2.45, 2.75) is 115 Å². The van der Waals surface area contributed by atoms with Crippen LogP contribution in [0.2, 0.25) is 0 Å². The lowest BCUT2D eigenvalue weighted by Gasteiger charge is -2.32. The lowest BCUT2D eigenvalue weighted by Crippen LogP contribution is -2.39. The number of methoxy groups -OCH3 is 1. The first-order valence-corrected chi connectivity index (χ1v) is 22.7. The molecule has 10 heteroatoms.